The Morgan fingerprint density at radius 1 is 1.07 bits per heavy atom. The number of hydrazine groups is 1. The van der Waals surface area contributed by atoms with Gasteiger partial charge in [-0.25, -0.2) is 0 Å². The van der Waals surface area contributed by atoms with Crippen LogP contribution in [0.25, 0.3) is 0 Å². The monoisotopic (exact) mass is 403 g/mol. The molecule has 1 aliphatic carbocycles. The van der Waals surface area contributed by atoms with Gasteiger partial charge in [-0.1, -0.05) is 12.8 Å². The van der Waals surface area contributed by atoms with Crippen molar-refractivity contribution in [2.24, 2.45) is 0 Å². The molecule has 0 bridgehead atoms. The predicted octanol–water partition coefficient (Wildman–Crippen LogP) is 0.981. The number of rotatable bonds is 5. The minimum absolute atomic E-state index is 0.0988. The molecule has 9 heteroatoms. The smallest absolute Gasteiger partial charge is 0.257 e. The quantitative estimate of drug-likeness (QED) is 0.432. The van der Waals surface area contributed by atoms with Crippen molar-refractivity contribution in [2.75, 3.05) is 18.0 Å². The van der Waals surface area contributed by atoms with E-state index < -0.39 is 5.91 Å². The van der Waals surface area contributed by atoms with Gasteiger partial charge < -0.3 is 15.5 Å². The maximum Gasteiger partial charge on any atom is 0.257 e. The van der Waals surface area contributed by atoms with Crippen LogP contribution in [0, 0.1) is 0 Å². The third-order valence-corrected chi connectivity index (χ3v) is 5.15. The van der Waals surface area contributed by atoms with Crippen LogP contribution in [0.5, 0.6) is 0 Å². The number of hydrogen-bond acceptors (Lipinski definition) is 4. The molecule has 3 amide bonds. The average molecular weight is 404 g/mol. The molecular formula is C19H25N5O3S. The summed E-state index contributed by atoms with van der Waals surface area (Å²) in [6, 6.07) is 7.13. The second-order valence-electron chi connectivity index (χ2n) is 7.01. The van der Waals surface area contributed by atoms with Gasteiger partial charge in [-0.15, -0.1) is 0 Å². The van der Waals surface area contributed by atoms with E-state index >= 15 is 0 Å². The lowest BCUT2D eigenvalue weighted by molar-refractivity contribution is -0.120. The standard InChI is InChI=1S/C19H25N5O3S/c25-16(22-23-19(28)21-14-4-1-2-5-14)12-20-18(27)13-7-9-15(10-8-13)24-11-3-6-17(24)26/h7-10,14H,1-6,11-12H2,(H,20,27)(H,22,25)(H2,21,23,28). The zero-order chi connectivity index (χ0) is 19.9. The highest BCUT2D eigenvalue weighted by molar-refractivity contribution is 7.80. The van der Waals surface area contributed by atoms with Crippen molar-refractivity contribution in [2.45, 2.75) is 44.6 Å². The van der Waals surface area contributed by atoms with E-state index in [4.69, 9.17) is 12.2 Å². The predicted molar refractivity (Wildman–Crippen MR) is 110 cm³/mol. The average Bonchev–Trinajstić information content (AvgIpc) is 3.36. The summed E-state index contributed by atoms with van der Waals surface area (Å²) >= 11 is 5.13. The Labute approximate surface area is 169 Å². The van der Waals surface area contributed by atoms with Crippen molar-refractivity contribution in [3.63, 3.8) is 0 Å². The van der Waals surface area contributed by atoms with E-state index in [1.54, 1.807) is 29.2 Å². The molecule has 1 saturated carbocycles. The Kier molecular flexibility index (Phi) is 6.80. The second kappa shape index (κ2) is 9.50. The van der Waals surface area contributed by atoms with Crippen LogP contribution in [0.4, 0.5) is 5.69 Å². The van der Waals surface area contributed by atoms with Crippen molar-refractivity contribution < 1.29 is 14.4 Å². The van der Waals surface area contributed by atoms with E-state index in [2.05, 4.69) is 21.5 Å². The topological polar surface area (TPSA) is 103 Å². The molecule has 0 aromatic heterocycles. The van der Waals surface area contributed by atoms with Gasteiger partial charge >= 0.3 is 0 Å². The van der Waals surface area contributed by atoms with E-state index in [0.717, 1.165) is 24.9 Å². The summed E-state index contributed by atoms with van der Waals surface area (Å²) < 4.78 is 0. The van der Waals surface area contributed by atoms with E-state index in [1.165, 1.54) is 12.8 Å². The molecule has 1 saturated heterocycles. The van der Waals surface area contributed by atoms with Crippen LogP contribution in [0.1, 0.15) is 48.9 Å². The lowest BCUT2D eigenvalue weighted by atomic mass is 10.2. The fraction of sp³-hybridized carbons (Fsp3) is 0.474. The van der Waals surface area contributed by atoms with Crippen LogP contribution in [-0.2, 0) is 9.59 Å². The van der Waals surface area contributed by atoms with Crippen LogP contribution in [0.2, 0.25) is 0 Å². The van der Waals surface area contributed by atoms with Gasteiger partial charge in [0.25, 0.3) is 11.8 Å². The van der Waals surface area contributed by atoms with Gasteiger partial charge in [0, 0.05) is 30.3 Å². The largest absolute Gasteiger partial charge is 0.359 e. The van der Waals surface area contributed by atoms with E-state index in [-0.39, 0.29) is 18.4 Å². The third-order valence-electron chi connectivity index (χ3n) is 4.93. The maximum atomic E-state index is 12.2. The Hall–Kier alpha value is -2.68. The number of hydrogen-bond donors (Lipinski definition) is 4. The summed E-state index contributed by atoms with van der Waals surface area (Å²) in [6.45, 7) is 0.527. The van der Waals surface area contributed by atoms with Gasteiger partial charge in [0.05, 0.1) is 6.54 Å². The first-order chi connectivity index (χ1) is 13.5. The van der Waals surface area contributed by atoms with Gasteiger partial charge in [0.15, 0.2) is 5.11 Å². The molecule has 0 radical (unpaired) electrons. The SMILES string of the molecule is O=C(CNC(=O)c1ccc(N2CCCC2=O)cc1)NNC(=S)NC1CCCC1. The van der Waals surface area contributed by atoms with Crippen LogP contribution in [0.3, 0.4) is 0 Å². The normalized spacial score (nSPS) is 16.7. The van der Waals surface area contributed by atoms with E-state index in [0.29, 0.717) is 29.7 Å². The minimum atomic E-state index is -0.400. The highest BCUT2D eigenvalue weighted by Crippen LogP contribution is 2.21. The number of anilines is 1. The molecular weight excluding hydrogens is 378 g/mol. The zero-order valence-corrected chi connectivity index (χ0v) is 16.4. The van der Waals surface area contributed by atoms with Crippen molar-refractivity contribution in [3.8, 4) is 0 Å². The van der Waals surface area contributed by atoms with Gasteiger partial charge in [-0.3, -0.25) is 25.2 Å². The molecule has 4 N–H and O–H groups in total. The number of nitrogens with zero attached hydrogens (tertiary/aromatic N) is 1. The number of thiocarbonyl (C=S) groups is 1. The fourth-order valence-electron chi connectivity index (χ4n) is 3.44. The fourth-order valence-corrected chi connectivity index (χ4v) is 3.66. The summed E-state index contributed by atoms with van der Waals surface area (Å²) in [5, 5.41) is 6.08. The third kappa shape index (κ3) is 5.41. The Balaban J connectivity index is 1.38. The van der Waals surface area contributed by atoms with Crippen LogP contribution >= 0.6 is 12.2 Å². The first-order valence-electron chi connectivity index (χ1n) is 9.57. The molecule has 28 heavy (non-hydrogen) atoms. The summed E-state index contributed by atoms with van der Waals surface area (Å²) in [5.74, 6) is -0.661. The second-order valence-corrected chi connectivity index (χ2v) is 7.41. The molecule has 1 aliphatic heterocycles. The first kappa shape index (κ1) is 20.1. The van der Waals surface area contributed by atoms with Crippen LogP contribution in [-0.4, -0.2) is 42.0 Å². The Bertz CT molecular complexity index is 746. The molecule has 2 aliphatic rings. The van der Waals surface area contributed by atoms with Gasteiger partial charge in [0.1, 0.15) is 0 Å². The van der Waals surface area contributed by atoms with Crippen molar-refractivity contribution in [1.82, 2.24) is 21.5 Å². The van der Waals surface area contributed by atoms with Crippen molar-refractivity contribution >= 4 is 40.7 Å². The lowest BCUT2D eigenvalue weighted by Gasteiger charge is -2.16. The molecule has 1 aromatic rings. The number of benzene rings is 1. The first-order valence-corrected chi connectivity index (χ1v) is 9.98. The lowest BCUT2D eigenvalue weighted by Crippen LogP contribution is -2.51. The molecule has 150 valence electrons. The summed E-state index contributed by atoms with van der Waals surface area (Å²) in [4.78, 5) is 37.5. The molecule has 2 fully saturated rings. The molecule has 1 heterocycles. The zero-order valence-electron chi connectivity index (χ0n) is 15.6. The molecule has 1 aromatic carbocycles. The van der Waals surface area contributed by atoms with Crippen molar-refractivity contribution in [1.29, 1.82) is 0 Å². The molecule has 0 atom stereocenters. The Morgan fingerprint density at radius 3 is 2.43 bits per heavy atom. The maximum absolute atomic E-state index is 12.2. The summed E-state index contributed by atoms with van der Waals surface area (Å²) in [5.41, 5.74) is 6.32. The highest BCUT2D eigenvalue weighted by Gasteiger charge is 2.21. The minimum Gasteiger partial charge on any atom is -0.359 e. The number of carbonyl (C=O) groups excluding carboxylic acids is 3. The van der Waals surface area contributed by atoms with Crippen LogP contribution in [0.15, 0.2) is 24.3 Å². The highest BCUT2D eigenvalue weighted by atomic mass is 32.1. The van der Waals surface area contributed by atoms with Crippen molar-refractivity contribution in [3.05, 3.63) is 29.8 Å². The molecule has 0 spiro atoms. The van der Waals surface area contributed by atoms with Gasteiger partial charge in [-0.2, -0.15) is 0 Å². The van der Waals surface area contributed by atoms with Gasteiger partial charge in [-0.05, 0) is 55.7 Å². The molecule has 3 rings (SSSR count). The number of nitrogens with one attached hydrogen (secondary N) is 4. The van der Waals surface area contributed by atoms with E-state index in [1.807, 2.05) is 0 Å². The van der Waals surface area contributed by atoms with Crippen LogP contribution < -0.4 is 26.4 Å². The van der Waals surface area contributed by atoms with E-state index in [9.17, 15) is 14.4 Å². The summed E-state index contributed by atoms with van der Waals surface area (Å²) in [7, 11) is 0. The van der Waals surface area contributed by atoms with Gasteiger partial charge in [0.2, 0.25) is 5.91 Å². The summed E-state index contributed by atoms with van der Waals surface area (Å²) in [6.07, 6.45) is 5.95. The number of carbonyl (C=O) groups is 3. The molecule has 8 nitrogen and oxygen atoms in total. The molecule has 0 unspecified atom stereocenters. The Morgan fingerprint density at radius 2 is 1.79 bits per heavy atom. The number of amides is 3.